The van der Waals surface area contributed by atoms with Crippen LogP contribution in [0.25, 0.3) is 27.5 Å². The summed E-state index contributed by atoms with van der Waals surface area (Å²) in [5.74, 6) is 0. The average molecular weight is 849 g/mol. The second-order valence-electron chi connectivity index (χ2n) is 16.8. The third-order valence-corrected chi connectivity index (χ3v) is 23.8. The maximum atomic E-state index is 2.53. The van der Waals surface area contributed by atoms with Crippen LogP contribution in [0, 0.1) is 0 Å². The number of aromatic nitrogens is 1. The molecule has 0 atom stereocenters. The topological polar surface area (TPSA) is 8.17 Å². The first-order valence-corrected chi connectivity index (χ1v) is 26.2. The van der Waals surface area contributed by atoms with Crippen molar-refractivity contribution in [3.63, 3.8) is 0 Å². The molecule has 12 rings (SSSR count). The Balaban J connectivity index is 1.13. The monoisotopic (exact) mass is 848 g/mol. The molecule has 64 heavy (non-hydrogen) atoms. The Morgan fingerprint density at radius 2 is 0.656 bits per heavy atom. The van der Waals surface area contributed by atoms with Crippen molar-refractivity contribution < 1.29 is 0 Å². The van der Waals surface area contributed by atoms with Crippen LogP contribution in [-0.2, 0) is 0 Å². The molecule has 2 nitrogen and oxygen atoms in total. The van der Waals surface area contributed by atoms with Gasteiger partial charge >= 0.3 is 0 Å². The summed E-state index contributed by atoms with van der Waals surface area (Å²) in [6, 6.07) is 100. The van der Waals surface area contributed by atoms with Gasteiger partial charge in [-0.1, -0.05) is 206 Å². The first-order valence-electron chi connectivity index (χ1n) is 22.2. The number of nitrogens with zero attached hydrogens (tertiary/aromatic N) is 2. The van der Waals surface area contributed by atoms with Crippen molar-refractivity contribution in [2.45, 2.75) is 0 Å². The molecular weight excluding hydrogens is 805 g/mol. The molecule has 1 aromatic heterocycles. The lowest BCUT2D eigenvalue weighted by Gasteiger charge is -2.48. The predicted octanol–water partition coefficient (Wildman–Crippen LogP) is 9.32. The first-order chi connectivity index (χ1) is 31.8. The summed E-state index contributed by atoms with van der Waals surface area (Å²) in [6.45, 7) is 0. The molecule has 1 aliphatic heterocycles. The molecule has 11 aromatic rings. The second-order valence-corrected chi connectivity index (χ2v) is 24.3. The Bertz CT molecular complexity index is 3310. The van der Waals surface area contributed by atoms with Crippen molar-refractivity contribution >= 4 is 96.5 Å². The first kappa shape index (κ1) is 38.0. The van der Waals surface area contributed by atoms with Gasteiger partial charge in [0, 0.05) is 33.5 Å². The van der Waals surface area contributed by atoms with Crippen molar-refractivity contribution in [2.24, 2.45) is 0 Å². The molecule has 10 aromatic carbocycles. The lowest BCUT2D eigenvalue weighted by Crippen LogP contribution is -2.93. The smallest absolute Gasteiger partial charge is 0.179 e. The van der Waals surface area contributed by atoms with Crippen LogP contribution < -0.4 is 46.4 Å². The van der Waals surface area contributed by atoms with Crippen LogP contribution in [0.15, 0.2) is 267 Å². The highest BCUT2D eigenvalue weighted by Gasteiger charge is 2.56. The number of anilines is 3. The van der Waals surface area contributed by atoms with Crippen molar-refractivity contribution in [1.82, 2.24) is 4.57 Å². The van der Waals surface area contributed by atoms with Gasteiger partial charge in [0.2, 0.25) is 0 Å². The van der Waals surface area contributed by atoms with E-state index in [0.29, 0.717) is 0 Å². The fourth-order valence-corrected chi connectivity index (χ4v) is 23.2. The van der Waals surface area contributed by atoms with Gasteiger partial charge in [-0.15, -0.1) is 0 Å². The highest BCUT2D eigenvalue weighted by Crippen LogP contribution is 2.39. The highest BCUT2D eigenvalue weighted by atomic mass is 28.3. The van der Waals surface area contributed by atoms with Gasteiger partial charge < -0.3 is 9.47 Å². The number of benzene rings is 10. The van der Waals surface area contributed by atoms with Gasteiger partial charge in [-0.05, 0) is 102 Å². The molecule has 0 amide bonds. The normalized spacial score (nSPS) is 13.6. The molecule has 2 heterocycles. The fraction of sp³-hybridized carbons (Fsp3) is 0. The summed E-state index contributed by atoms with van der Waals surface area (Å²) >= 11 is 0. The van der Waals surface area contributed by atoms with Gasteiger partial charge in [0.25, 0.3) is 0 Å². The predicted molar refractivity (Wildman–Crippen MR) is 276 cm³/mol. The van der Waals surface area contributed by atoms with E-state index in [2.05, 4.69) is 276 Å². The number of hydrogen-bond acceptors (Lipinski definition) is 1. The Hall–Kier alpha value is -7.77. The second kappa shape index (κ2) is 15.5. The zero-order chi connectivity index (χ0) is 42.5. The largest absolute Gasteiger partial charge is 0.310 e. The van der Waals surface area contributed by atoms with Gasteiger partial charge in [-0.25, -0.2) is 0 Å². The zero-order valence-corrected chi connectivity index (χ0v) is 37.3. The van der Waals surface area contributed by atoms with E-state index in [-0.39, 0.29) is 0 Å². The minimum absolute atomic E-state index is 1.12. The summed E-state index contributed by atoms with van der Waals surface area (Å²) < 4.78 is 2.49. The molecule has 0 fully saturated rings. The van der Waals surface area contributed by atoms with Gasteiger partial charge in [-0.2, -0.15) is 0 Å². The lowest BCUT2D eigenvalue weighted by molar-refractivity contribution is 1.18. The Morgan fingerprint density at radius 3 is 1.16 bits per heavy atom. The number of fused-ring (bicyclic) bond motifs is 5. The Kier molecular flexibility index (Phi) is 9.22. The van der Waals surface area contributed by atoms with Crippen molar-refractivity contribution in [1.29, 1.82) is 0 Å². The number of hydrogen-bond donors (Lipinski definition) is 0. The van der Waals surface area contributed by atoms with Crippen LogP contribution >= 0.6 is 0 Å². The van der Waals surface area contributed by atoms with E-state index >= 15 is 0 Å². The third kappa shape index (κ3) is 5.70. The quantitative estimate of drug-likeness (QED) is 0.139. The summed E-state index contributed by atoms with van der Waals surface area (Å²) in [4.78, 5) is 2.35. The SMILES string of the molecule is c1ccc(N(c2ccccc2)c2ccc3c(c2)c2ccccc2n3-c2cccc([Si]3(c4ccccc4)c4ccccc4[Si](c4ccccc4)(c4ccccc4)c4ccccc43)c2)cc1. The molecule has 0 unspecified atom stereocenters. The van der Waals surface area contributed by atoms with E-state index in [1.54, 1.807) is 0 Å². The van der Waals surface area contributed by atoms with Crippen molar-refractivity contribution in [2.75, 3.05) is 4.90 Å². The lowest BCUT2D eigenvalue weighted by atomic mass is 10.1. The van der Waals surface area contributed by atoms with Crippen LogP contribution in [0.3, 0.4) is 0 Å². The van der Waals surface area contributed by atoms with Crippen LogP contribution in [0.5, 0.6) is 0 Å². The van der Waals surface area contributed by atoms with Crippen LogP contribution in [-0.4, -0.2) is 20.7 Å². The van der Waals surface area contributed by atoms with E-state index < -0.39 is 16.1 Å². The molecule has 302 valence electrons. The molecule has 0 saturated heterocycles. The molecule has 0 spiro atoms. The maximum absolute atomic E-state index is 2.99. The van der Waals surface area contributed by atoms with E-state index in [1.807, 2.05) is 0 Å². The zero-order valence-electron chi connectivity index (χ0n) is 35.3. The minimum atomic E-state index is -2.99. The average Bonchev–Trinajstić information content (AvgIpc) is 3.71. The molecule has 0 aliphatic carbocycles. The van der Waals surface area contributed by atoms with Crippen LogP contribution in [0.4, 0.5) is 17.1 Å². The van der Waals surface area contributed by atoms with E-state index in [1.165, 1.54) is 63.3 Å². The van der Waals surface area contributed by atoms with E-state index in [0.717, 1.165) is 22.7 Å². The molecule has 0 N–H and O–H groups in total. The third-order valence-electron chi connectivity index (χ3n) is 13.6. The molecule has 0 saturated carbocycles. The number of rotatable bonds is 8. The van der Waals surface area contributed by atoms with Gasteiger partial charge in [-0.3, -0.25) is 0 Å². The molecule has 1 aliphatic rings. The van der Waals surface area contributed by atoms with Crippen molar-refractivity contribution in [3.8, 4) is 5.69 Å². The molecule has 4 heteroatoms. The summed E-state index contributed by atoms with van der Waals surface area (Å²) in [6.07, 6.45) is 0. The van der Waals surface area contributed by atoms with Crippen LogP contribution in [0.1, 0.15) is 0 Å². The van der Waals surface area contributed by atoms with Crippen LogP contribution in [0.2, 0.25) is 0 Å². The summed E-state index contributed by atoms with van der Waals surface area (Å²) in [5, 5.41) is 14.0. The number of para-hydroxylation sites is 3. The van der Waals surface area contributed by atoms with E-state index in [9.17, 15) is 0 Å². The fourth-order valence-electron chi connectivity index (χ4n) is 11.1. The summed E-state index contributed by atoms with van der Waals surface area (Å²) in [5.41, 5.74) is 6.91. The Labute approximate surface area is 376 Å². The summed E-state index contributed by atoms with van der Waals surface area (Å²) in [7, 11) is -5.80. The Morgan fingerprint density at radius 1 is 0.266 bits per heavy atom. The standard InChI is InChI=1S/C60H44N2Si2/c1-6-23-45(24-7-1)61(46-25-8-2-9-26-46)48-41-42-56-54(44-48)53-35-16-17-36-55(53)62(56)47-27-22-34-52(43-47)64(51-32-14-5-15-33-51)59-39-20-18-37-57(59)63(49-28-10-3-11-29-49,50-30-12-4-13-31-50)58-38-19-21-40-60(58)64/h1-44H. The maximum Gasteiger partial charge on any atom is 0.179 e. The molecular formula is C60H44N2Si2. The minimum Gasteiger partial charge on any atom is -0.310 e. The highest BCUT2D eigenvalue weighted by molar-refractivity contribution is 7.32. The molecule has 0 bridgehead atoms. The van der Waals surface area contributed by atoms with E-state index in [4.69, 9.17) is 0 Å². The van der Waals surface area contributed by atoms with Gasteiger partial charge in [0.1, 0.15) is 0 Å². The van der Waals surface area contributed by atoms with Gasteiger partial charge in [0.05, 0.1) is 11.0 Å². The van der Waals surface area contributed by atoms with Crippen molar-refractivity contribution in [3.05, 3.63) is 267 Å². The van der Waals surface area contributed by atoms with Gasteiger partial charge in [0.15, 0.2) is 16.1 Å². The molecule has 0 radical (unpaired) electrons.